The Morgan fingerprint density at radius 1 is 1.24 bits per heavy atom. The normalized spacial score (nSPS) is 18.5. The van der Waals surface area contributed by atoms with E-state index in [1.165, 1.54) is 0 Å². The molecule has 0 atom stereocenters. The van der Waals surface area contributed by atoms with E-state index < -0.39 is 18.6 Å². The molecule has 2 N–H and O–H groups in total. The second-order valence-corrected chi connectivity index (χ2v) is 6.23. The highest BCUT2D eigenvalue weighted by atomic mass is 19.4. The molecule has 0 aromatic heterocycles. The summed E-state index contributed by atoms with van der Waals surface area (Å²) in [5.41, 5.74) is 5.53. The second-order valence-electron chi connectivity index (χ2n) is 6.23. The zero-order valence-electron chi connectivity index (χ0n) is 12.8. The molecular weight excluding hydrogens is 281 g/mol. The number of carbonyl (C=O) groups is 1. The Hall–Kier alpha value is -0.780. The first kappa shape index (κ1) is 18.3. The van der Waals surface area contributed by atoms with Crippen LogP contribution in [0.1, 0.15) is 58.3 Å². The number of rotatable bonds is 7. The minimum absolute atomic E-state index is 0.156. The standard InChI is InChI=1S/C15H27F3N2O/c1-2-3-9-20(12-15(16,17)18)13(21)10-14(11-19)7-5-4-6-8-14/h2-12,19H2,1H3. The van der Waals surface area contributed by atoms with Crippen LogP contribution in [0.25, 0.3) is 0 Å². The molecular formula is C15H27F3N2O. The van der Waals surface area contributed by atoms with Crippen LogP contribution in [0.4, 0.5) is 13.2 Å². The van der Waals surface area contributed by atoms with Crippen LogP contribution in [0.15, 0.2) is 0 Å². The van der Waals surface area contributed by atoms with Crippen LogP contribution in [0.3, 0.4) is 0 Å². The van der Waals surface area contributed by atoms with Crippen LogP contribution < -0.4 is 5.73 Å². The summed E-state index contributed by atoms with van der Waals surface area (Å²) in [4.78, 5) is 13.3. The third kappa shape index (κ3) is 6.24. The fourth-order valence-electron chi connectivity index (χ4n) is 3.04. The summed E-state index contributed by atoms with van der Waals surface area (Å²) in [6, 6.07) is 0. The lowest BCUT2D eigenvalue weighted by molar-refractivity contribution is -0.163. The molecule has 1 amide bonds. The molecule has 0 heterocycles. The summed E-state index contributed by atoms with van der Waals surface area (Å²) in [6.07, 6.45) is 2.03. The lowest BCUT2D eigenvalue weighted by atomic mass is 9.71. The van der Waals surface area contributed by atoms with E-state index >= 15 is 0 Å². The summed E-state index contributed by atoms with van der Waals surface area (Å²) in [5.74, 6) is -0.395. The molecule has 1 rings (SSSR count). The van der Waals surface area contributed by atoms with E-state index in [0.717, 1.165) is 43.4 Å². The van der Waals surface area contributed by atoms with Crippen molar-refractivity contribution in [3.63, 3.8) is 0 Å². The van der Waals surface area contributed by atoms with Gasteiger partial charge in [0.1, 0.15) is 6.54 Å². The van der Waals surface area contributed by atoms with Gasteiger partial charge in [-0.25, -0.2) is 0 Å². The van der Waals surface area contributed by atoms with Gasteiger partial charge >= 0.3 is 6.18 Å². The molecule has 0 bridgehead atoms. The molecule has 0 saturated heterocycles. The Balaban J connectivity index is 2.69. The van der Waals surface area contributed by atoms with Gasteiger partial charge in [-0.3, -0.25) is 4.79 Å². The lowest BCUT2D eigenvalue weighted by Gasteiger charge is -2.37. The quantitative estimate of drug-likeness (QED) is 0.782. The van der Waals surface area contributed by atoms with Gasteiger partial charge in [-0.15, -0.1) is 0 Å². The Labute approximate surface area is 125 Å². The molecule has 0 unspecified atom stereocenters. The van der Waals surface area contributed by atoms with Crippen LogP contribution >= 0.6 is 0 Å². The zero-order chi connectivity index (χ0) is 15.9. The Morgan fingerprint density at radius 2 is 1.86 bits per heavy atom. The topological polar surface area (TPSA) is 46.3 Å². The van der Waals surface area contributed by atoms with Crippen molar-refractivity contribution in [3.8, 4) is 0 Å². The van der Waals surface area contributed by atoms with Gasteiger partial charge in [-0.05, 0) is 31.2 Å². The van der Waals surface area contributed by atoms with Crippen LogP contribution in [-0.2, 0) is 4.79 Å². The van der Waals surface area contributed by atoms with Crippen molar-refractivity contribution in [2.45, 2.75) is 64.5 Å². The maximum atomic E-state index is 12.6. The fourth-order valence-corrected chi connectivity index (χ4v) is 3.04. The molecule has 124 valence electrons. The largest absolute Gasteiger partial charge is 0.406 e. The number of carbonyl (C=O) groups excluding carboxylic acids is 1. The monoisotopic (exact) mass is 308 g/mol. The molecule has 6 heteroatoms. The predicted octanol–water partition coefficient (Wildman–Crippen LogP) is 3.48. The van der Waals surface area contributed by atoms with Crippen LogP contribution in [0.2, 0.25) is 0 Å². The molecule has 1 saturated carbocycles. The molecule has 1 aliphatic rings. The van der Waals surface area contributed by atoms with Crippen molar-refractivity contribution in [3.05, 3.63) is 0 Å². The average Bonchev–Trinajstić information content (AvgIpc) is 2.43. The number of hydrogen-bond donors (Lipinski definition) is 1. The van der Waals surface area contributed by atoms with Gasteiger partial charge in [-0.1, -0.05) is 32.6 Å². The van der Waals surface area contributed by atoms with Crippen molar-refractivity contribution >= 4 is 5.91 Å². The van der Waals surface area contributed by atoms with Crippen molar-refractivity contribution in [2.75, 3.05) is 19.6 Å². The van der Waals surface area contributed by atoms with Crippen molar-refractivity contribution in [2.24, 2.45) is 11.1 Å². The average molecular weight is 308 g/mol. The first-order valence-electron chi connectivity index (χ1n) is 7.86. The minimum Gasteiger partial charge on any atom is -0.334 e. The molecule has 0 radical (unpaired) electrons. The fraction of sp³-hybridized carbons (Fsp3) is 0.933. The van der Waals surface area contributed by atoms with E-state index in [1.807, 2.05) is 6.92 Å². The molecule has 0 aromatic carbocycles. The SMILES string of the molecule is CCCCN(CC(F)(F)F)C(=O)CC1(CN)CCCCC1. The zero-order valence-corrected chi connectivity index (χ0v) is 12.8. The van der Waals surface area contributed by atoms with Crippen LogP contribution in [0, 0.1) is 5.41 Å². The molecule has 21 heavy (non-hydrogen) atoms. The van der Waals surface area contributed by atoms with Crippen molar-refractivity contribution < 1.29 is 18.0 Å². The summed E-state index contributed by atoms with van der Waals surface area (Å²) < 4.78 is 37.9. The van der Waals surface area contributed by atoms with E-state index in [4.69, 9.17) is 5.73 Å². The van der Waals surface area contributed by atoms with Gasteiger partial charge in [0, 0.05) is 13.0 Å². The van der Waals surface area contributed by atoms with E-state index in [2.05, 4.69) is 0 Å². The summed E-state index contributed by atoms with van der Waals surface area (Å²) in [7, 11) is 0. The molecule has 0 spiro atoms. The van der Waals surface area contributed by atoms with Crippen molar-refractivity contribution in [1.29, 1.82) is 0 Å². The van der Waals surface area contributed by atoms with Crippen molar-refractivity contribution in [1.82, 2.24) is 4.90 Å². The van der Waals surface area contributed by atoms with E-state index in [1.54, 1.807) is 0 Å². The highest BCUT2D eigenvalue weighted by molar-refractivity contribution is 5.77. The van der Waals surface area contributed by atoms with Gasteiger partial charge in [0.05, 0.1) is 0 Å². The Morgan fingerprint density at radius 3 is 2.33 bits per heavy atom. The van der Waals surface area contributed by atoms with Gasteiger partial charge in [0.2, 0.25) is 5.91 Å². The number of amides is 1. The molecule has 3 nitrogen and oxygen atoms in total. The first-order chi connectivity index (χ1) is 9.82. The number of unbranched alkanes of at least 4 members (excludes halogenated alkanes) is 1. The summed E-state index contributed by atoms with van der Waals surface area (Å²) in [6.45, 7) is 1.31. The molecule has 1 fully saturated rings. The van der Waals surface area contributed by atoms with E-state index in [-0.39, 0.29) is 18.4 Å². The number of alkyl halides is 3. The highest BCUT2D eigenvalue weighted by Gasteiger charge is 2.37. The predicted molar refractivity (Wildman–Crippen MR) is 76.7 cm³/mol. The highest BCUT2D eigenvalue weighted by Crippen LogP contribution is 2.39. The van der Waals surface area contributed by atoms with Gasteiger partial charge in [0.15, 0.2) is 0 Å². The van der Waals surface area contributed by atoms with Crippen LogP contribution in [0.5, 0.6) is 0 Å². The van der Waals surface area contributed by atoms with Gasteiger partial charge in [-0.2, -0.15) is 13.2 Å². The maximum absolute atomic E-state index is 12.6. The third-order valence-corrected chi connectivity index (χ3v) is 4.38. The molecule has 1 aliphatic carbocycles. The lowest BCUT2D eigenvalue weighted by Crippen LogP contribution is -2.44. The number of nitrogens with two attached hydrogens (primary N) is 1. The third-order valence-electron chi connectivity index (χ3n) is 4.38. The van der Waals surface area contributed by atoms with E-state index in [9.17, 15) is 18.0 Å². The van der Waals surface area contributed by atoms with Gasteiger partial charge in [0.25, 0.3) is 0 Å². The van der Waals surface area contributed by atoms with Crippen LogP contribution in [-0.4, -0.2) is 36.6 Å². The summed E-state index contributed by atoms with van der Waals surface area (Å²) >= 11 is 0. The number of hydrogen-bond acceptors (Lipinski definition) is 2. The van der Waals surface area contributed by atoms with Gasteiger partial charge < -0.3 is 10.6 Å². The summed E-state index contributed by atoms with van der Waals surface area (Å²) in [5, 5.41) is 0. The molecule has 0 aliphatic heterocycles. The molecule has 0 aromatic rings. The Bertz CT molecular complexity index is 325. The number of halogens is 3. The minimum atomic E-state index is -4.34. The number of nitrogens with zero attached hydrogens (tertiary/aromatic N) is 1. The first-order valence-corrected chi connectivity index (χ1v) is 7.86. The second kappa shape index (κ2) is 8.01. The Kier molecular flexibility index (Phi) is 6.97. The smallest absolute Gasteiger partial charge is 0.334 e. The van der Waals surface area contributed by atoms with E-state index in [0.29, 0.717) is 13.0 Å². The maximum Gasteiger partial charge on any atom is 0.406 e.